The molecule has 1 aromatic heterocycles. The van der Waals surface area contributed by atoms with Gasteiger partial charge in [-0.05, 0) is 0 Å². The van der Waals surface area contributed by atoms with Crippen molar-refractivity contribution in [1.29, 1.82) is 0 Å². The lowest BCUT2D eigenvalue weighted by Gasteiger charge is -2.20. The summed E-state index contributed by atoms with van der Waals surface area (Å²) < 4.78 is 4.89. The van der Waals surface area contributed by atoms with Crippen molar-refractivity contribution in [2.24, 2.45) is 0 Å². The van der Waals surface area contributed by atoms with Crippen LogP contribution in [0.15, 0.2) is 12.4 Å². The molecule has 17 heavy (non-hydrogen) atoms. The third kappa shape index (κ3) is 3.97. The topological polar surface area (TPSA) is 102 Å². The molecule has 0 radical (unpaired) electrons. The number of anilines is 1. The summed E-state index contributed by atoms with van der Waals surface area (Å²) in [7, 11) is 1.54. The molecule has 1 rings (SSSR count). The van der Waals surface area contributed by atoms with Crippen LogP contribution in [0.3, 0.4) is 0 Å². The first-order valence-electron chi connectivity index (χ1n) is 5.15. The molecule has 1 heterocycles. The molecule has 0 saturated heterocycles. The van der Waals surface area contributed by atoms with Gasteiger partial charge in [0.1, 0.15) is 11.5 Å². The molecule has 0 aliphatic heterocycles. The number of aliphatic hydroxyl groups is 1. The van der Waals surface area contributed by atoms with Gasteiger partial charge in [-0.2, -0.15) is 0 Å². The molecule has 0 fully saturated rings. The van der Waals surface area contributed by atoms with Gasteiger partial charge in [-0.25, -0.2) is 4.98 Å². The number of nitrogen functional groups attached to an aromatic ring is 1. The Morgan fingerprint density at radius 2 is 2.29 bits per heavy atom. The Kier molecular flexibility index (Phi) is 5.31. The maximum absolute atomic E-state index is 12.0. The second-order valence-electron chi connectivity index (χ2n) is 3.34. The molecule has 0 bridgehead atoms. The first kappa shape index (κ1) is 13.3. The number of carbonyl (C=O) groups is 1. The molecule has 0 saturated carbocycles. The summed E-state index contributed by atoms with van der Waals surface area (Å²) >= 11 is 0. The van der Waals surface area contributed by atoms with E-state index in [-0.39, 0.29) is 30.6 Å². The summed E-state index contributed by atoms with van der Waals surface area (Å²) in [6.45, 7) is 0.873. The zero-order valence-corrected chi connectivity index (χ0v) is 9.67. The van der Waals surface area contributed by atoms with E-state index in [1.165, 1.54) is 17.3 Å². The average molecular weight is 240 g/mol. The van der Waals surface area contributed by atoms with E-state index in [9.17, 15) is 4.79 Å². The van der Waals surface area contributed by atoms with E-state index in [4.69, 9.17) is 15.6 Å². The highest BCUT2D eigenvalue weighted by atomic mass is 16.5. The fraction of sp³-hybridized carbons (Fsp3) is 0.500. The summed E-state index contributed by atoms with van der Waals surface area (Å²) in [5, 5.41) is 8.89. The molecular weight excluding hydrogens is 224 g/mol. The monoisotopic (exact) mass is 240 g/mol. The van der Waals surface area contributed by atoms with Gasteiger partial charge in [0.25, 0.3) is 5.91 Å². The normalized spacial score (nSPS) is 10.2. The fourth-order valence-corrected chi connectivity index (χ4v) is 1.28. The molecule has 0 aliphatic carbocycles. The number of amides is 1. The smallest absolute Gasteiger partial charge is 0.274 e. The van der Waals surface area contributed by atoms with Crippen LogP contribution in [0.1, 0.15) is 10.5 Å². The molecule has 7 heteroatoms. The van der Waals surface area contributed by atoms with E-state index >= 15 is 0 Å². The highest BCUT2D eigenvalue weighted by Gasteiger charge is 2.16. The summed E-state index contributed by atoms with van der Waals surface area (Å²) in [5.41, 5.74) is 5.61. The van der Waals surface area contributed by atoms with E-state index in [2.05, 4.69) is 9.97 Å². The van der Waals surface area contributed by atoms with Crippen LogP contribution in [-0.2, 0) is 4.74 Å². The molecule has 1 amide bonds. The SMILES string of the molecule is COCCN(CCO)C(=O)c1cncc(N)n1. The summed E-state index contributed by atoms with van der Waals surface area (Å²) in [4.78, 5) is 21.1. The zero-order chi connectivity index (χ0) is 12.7. The van der Waals surface area contributed by atoms with Crippen molar-refractivity contribution in [1.82, 2.24) is 14.9 Å². The minimum Gasteiger partial charge on any atom is -0.395 e. The number of aromatic nitrogens is 2. The van der Waals surface area contributed by atoms with Crippen LogP contribution in [0.2, 0.25) is 0 Å². The van der Waals surface area contributed by atoms with Gasteiger partial charge in [-0.15, -0.1) is 0 Å². The van der Waals surface area contributed by atoms with E-state index in [0.717, 1.165) is 0 Å². The second kappa shape index (κ2) is 6.77. The predicted molar refractivity (Wildman–Crippen MR) is 61.3 cm³/mol. The first-order valence-corrected chi connectivity index (χ1v) is 5.15. The lowest BCUT2D eigenvalue weighted by atomic mass is 10.3. The molecule has 3 N–H and O–H groups in total. The lowest BCUT2D eigenvalue weighted by Crippen LogP contribution is -2.36. The van der Waals surface area contributed by atoms with Gasteiger partial charge in [-0.1, -0.05) is 0 Å². The largest absolute Gasteiger partial charge is 0.395 e. The minimum absolute atomic E-state index is 0.120. The first-order chi connectivity index (χ1) is 8.19. The Morgan fingerprint density at radius 1 is 1.53 bits per heavy atom. The van der Waals surface area contributed by atoms with Gasteiger partial charge in [0.15, 0.2) is 0 Å². The predicted octanol–water partition coefficient (Wildman–Crippen LogP) is -0.860. The summed E-state index contributed by atoms with van der Waals surface area (Å²) in [6.07, 6.45) is 2.71. The van der Waals surface area contributed by atoms with Gasteiger partial charge in [-0.3, -0.25) is 9.78 Å². The van der Waals surface area contributed by atoms with Crippen molar-refractivity contribution in [2.45, 2.75) is 0 Å². The fourth-order valence-electron chi connectivity index (χ4n) is 1.28. The quantitative estimate of drug-likeness (QED) is 0.671. The molecule has 0 atom stereocenters. The van der Waals surface area contributed by atoms with Crippen LogP contribution >= 0.6 is 0 Å². The van der Waals surface area contributed by atoms with Crippen LogP contribution in [-0.4, -0.2) is 59.3 Å². The number of methoxy groups -OCH3 is 1. The van der Waals surface area contributed by atoms with Gasteiger partial charge >= 0.3 is 0 Å². The number of nitrogens with zero attached hydrogens (tertiary/aromatic N) is 3. The van der Waals surface area contributed by atoms with E-state index in [1.807, 2.05) is 0 Å². The van der Waals surface area contributed by atoms with Crippen LogP contribution in [0.25, 0.3) is 0 Å². The number of nitrogens with two attached hydrogens (primary N) is 1. The molecule has 0 unspecified atom stereocenters. The molecule has 7 nitrogen and oxygen atoms in total. The summed E-state index contributed by atoms with van der Waals surface area (Å²) in [6, 6.07) is 0. The maximum atomic E-state index is 12.0. The average Bonchev–Trinajstić information content (AvgIpc) is 2.33. The third-order valence-electron chi connectivity index (χ3n) is 2.09. The highest BCUT2D eigenvalue weighted by molar-refractivity contribution is 5.92. The van der Waals surface area contributed by atoms with Crippen molar-refractivity contribution < 1.29 is 14.6 Å². The summed E-state index contributed by atoms with van der Waals surface area (Å²) in [5.74, 6) is -0.137. The number of ether oxygens (including phenoxy) is 1. The standard InChI is InChI=1S/C10H16N4O3/c1-17-5-3-14(2-4-15)10(16)8-6-12-7-9(11)13-8/h6-7,15H,2-5H2,1H3,(H2,11,13). The second-order valence-corrected chi connectivity index (χ2v) is 3.34. The Morgan fingerprint density at radius 3 is 2.88 bits per heavy atom. The highest BCUT2D eigenvalue weighted by Crippen LogP contribution is 2.02. The Balaban J connectivity index is 2.76. The third-order valence-corrected chi connectivity index (χ3v) is 2.09. The van der Waals surface area contributed by atoms with E-state index in [0.29, 0.717) is 13.2 Å². The van der Waals surface area contributed by atoms with E-state index < -0.39 is 0 Å². The Labute approximate surface area is 99.2 Å². The van der Waals surface area contributed by atoms with Crippen LogP contribution in [0, 0.1) is 0 Å². The van der Waals surface area contributed by atoms with Crippen molar-refractivity contribution >= 4 is 11.7 Å². The van der Waals surface area contributed by atoms with Gasteiger partial charge < -0.3 is 20.5 Å². The number of hydrogen-bond donors (Lipinski definition) is 2. The molecule has 0 aromatic carbocycles. The maximum Gasteiger partial charge on any atom is 0.274 e. The number of carbonyl (C=O) groups excluding carboxylic acids is 1. The van der Waals surface area contributed by atoms with Crippen LogP contribution in [0.4, 0.5) is 5.82 Å². The lowest BCUT2D eigenvalue weighted by molar-refractivity contribution is 0.0650. The van der Waals surface area contributed by atoms with E-state index in [1.54, 1.807) is 7.11 Å². The van der Waals surface area contributed by atoms with Crippen molar-refractivity contribution in [3.8, 4) is 0 Å². The Hall–Kier alpha value is -1.73. The molecule has 1 aromatic rings. The molecule has 0 aliphatic rings. The van der Waals surface area contributed by atoms with Crippen LogP contribution in [0.5, 0.6) is 0 Å². The zero-order valence-electron chi connectivity index (χ0n) is 9.67. The van der Waals surface area contributed by atoms with Crippen molar-refractivity contribution in [3.63, 3.8) is 0 Å². The number of aliphatic hydroxyl groups excluding tert-OH is 1. The minimum atomic E-state index is -0.323. The van der Waals surface area contributed by atoms with Crippen LogP contribution < -0.4 is 5.73 Å². The molecule has 0 spiro atoms. The number of rotatable bonds is 6. The van der Waals surface area contributed by atoms with Gasteiger partial charge in [0.2, 0.25) is 0 Å². The molecular formula is C10H16N4O3. The van der Waals surface area contributed by atoms with Gasteiger partial charge in [0, 0.05) is 20.2 Å². The van der Waals surface area contributed by atoms with Crippen molar-refractivity contribution in [3.05, 3.63) is 18.1 Å². The van der Waals surface area contributed by atoms with Gasteiger partial charge in [0.05, 0.1) is 25.6 Å². The molecule has 94 valence electrons. The van der Waals surface area contributed by atoms with Crippen molar-refractivity contribution in [2.75, 3.05) is 39.1 Å². The Bertz CT molecular complexity index is 372. The number of hydrogen-bond acceptors (Lipinski definition) is 6.